The zero-order valence-electron chi connectivity index (χ0n) is 18.8. The van der Waals surface area contributed by atoms with Crippen molar-refractivity contribution in [2.75, 3.05) is 10.6 Å². The lowest BCUT2D eigenvalue weighted by molar-refractivity contribution is -0.120. The summed E-state index contributed by atoms with van der Waals surface area (Å²) in [6.45, 7) is 1.32. The number of anilines is 2. The first-order valence-corrected chi connectivity index (χ1v) is 11.8. The molecule has 1 fully saturated rings. The quantitative estimate of drug-likeness (QED) is 0.333. The van der Waals surface area contributed by atoms with Crippen LogP contribution in [0.15, 0.2) is 54.6 Å². The number of halogens is 6. The van der Waals surface area contributed by atoms with E-state index in [0.717, 1.165) is 18.2 Å². The highest BCUT2D eigenvalue weighted by molar-refractivity contribution is 6.55. The predicted molar refractivity (Wildman–Crippen MR) is 135 cm³/mol. The van der Waals surface area contributed by atoms with Crippen molar-refractivity contribution in [2.45, 2.75) is 22.6 Å². The van der Waals surface area contributed by atoms with Crippen LogP contribution in [0.4, 0.5) is 24.5 Å². The summed E-state index contributed by atoms with van der Waals surface area (Å²) in [5, 5.41) is 4.60. The molecule has 4 rings (SSSR count). The molecule has 1 aliphatic carbocycles. The summed E-state index contributed by atoms with van der Waals surface area (Å²) in [6, 6.07) is 10.9. The molecule has 3 aromatic carbocycles. The van der Waals surface area contributed by atoms with Gasteiger partial charge in [0.05, 0.1) is 5.02 Å². The van der Waals surface area contributed by atoms with Crippen molar-refractivity contribution in [1.82, 2.24) is 0 Å². The third-order valence-electron chi connectivity index (χ3n) is 6.11. The second-order valence-corrected chi connectivity index (χ2v) is 10.2. The first-order valence-electron chi connectivity index (χ1n) is 10.6. The lowest BCUT2D eigenvalue weighted by atomic mass is 9.88. The van der Waals surface area contributed by atoms with Gasteiger partial charge < -0.3 is 16.4 Å². The normalized spacial score (nSPS) is 19.7. The van der Waals surface area contributed by atoms with Gasteiger partial charge in [-0.1, -0.05) is 46.9 Å². The van der Waals surface area contributed by atoms with Gasteiger partial charge in [-0.2, -0.15) is 0 Å². The number of benzene rings is 3. The number of nitrogens with one attached hydrogen (secondary N) is 2. The first kappa shape index (κ1) is 26.8. The molecule has 2 unspecified atom stereocenters. The molecular formula is C25H17Cl3F3N3O3. The topological polar surface area (TPSA) is 101 Å². The Balaban J connectivity index is 1.74. The van der Waals surface area contributed by atoms with Crippen molar-refractivity contribution in [3.8, 4) is 0 Å². The molecule has 1 aliphatic rings. The van der Waals surface area contributed by atoms with Gasteiger partial charge in [0.15, 0.2) is 0 Å². The molecule has 0 saturated heterocycles. The van der Waals surface area contributed by atoms with Crippen LogP contribution >= 0.6 is 34.8 Å². The van der Waals surface area contributed by atoms with Gasteiger partial charge in [-0.25, -0.2) is 13.2 Å². The molecule has 0 aromatic heterocycles. The number of primary amides is 1. The fourth-order valence-electron chi connectivity index (χ4n) is 4.43. The minimum atomic E-state index is -2.12. The largest absolute Gasteiger partial charge is 0.369 e. The zero-order chi connectivity index (χ0) is 27.3. The van der Waals surface area contributed by atoms with Crippen molar-refractivity contribution in [1.29, 1.82) is 0 Å². The van der Waals surface area contributed by atoms with E-state index in [2.05, 4.69) is 10.6 Å². The molecule has 12 heteroatoms. The van der Waals surface area contributed by atoms with Gasteiger partial charge in [-0.15, -0.1) is 0 Å². The van der Waals surface area contributed by atoms with Crippen LogP contribution in [-0.4, -0.2) is 22.1 Å². The maximum absolute atomic E-state index is 15.8. The van der Waals surface area contributed by atoms with Crippen LogP contribution in [0, 0.1) is 17.5 Å². The van der Waals surface area contributed by atoms with E-state index >= 15 is 4.39 Å². The summed E-state index contributed by atoms with van der Waals surface area (Å²) in [6.07, 6.45) is 0. The van der Waals surface area contributed by atoms with Crippen LogP contribution in [0.25, 0.3) is 0 Å². The van der Waals surface area contributed by atoms with E-state index in [1.54, 1.807) is 0 Å². The fourth-order valence-corrected chi connectivity index (χ4v) is 5.70. The van der Waals surface area contributed by atoms with Gasteiger partial charge in [-0.3, -0.25) is 14.4 Å². The minimum Gasteiger partial charge on any atom is -0.369 e. The van der Waals surface area contributed by atoms with E-state index < -0.39 is 56.1 Å². The highest BCUT2D eigenvalue weighted by Crippen LogP contribution is 2.74. The van der Waals surface area contributed by atoms with E-state index in [0.29, 0.717) is 5.69 Å². The smallest absolute Gasteiger partial charge is 0.261 e. The van der Waals surface area contributed by atoms with E-state index in [4.69, 9.17) is 40.5 Å². The maximum Gasteiger partial charge on any atom is 0.261 e. The molecule has 1 saturated carbocycles. The molecule has 192 valence electrons. The van der Waals surface area contributed by atoms with Crippen molar-refractivity contribution in [2.24, 2.45) is 5.73 Å². The molecule has 0 radical (unpaired) electrons. The second kappa shape index (κ2) is 9.55. The van der Waals surface area contributed by atoms with Crippen LogP contribution < -0.4 is 16.4 Å². The van der Waals surface area contributed by atoms with Crippen molar-refractivity contribution in [3.05, 3.63) is 93.8 Å². The third kappa shape index (κ3) is 4.41. The van der Waals surface area contributed by atoms with Crippen LogP contribution in [0.2, 0.25) is 5.02 Å². The second-order valence-electron chi connectivity index (χ2n) is 8.40. The lowest BCUT2D eigenvalue weighted by Crippen LogP contribution is -2.35. The van der Waals surface area contributed by atoms with Crippen LogP contribution in [0.1, 0.15) is 34.3 Å². The molecule has 2 atom stereocenters. The Bertz CT molecular complexity index is 1450. The van der Waals surface area contributed by atoms with E-state index in [1.165, 1.54) is 43.3 Å². The zero-order valence-corrected chi connectivity index (χ0v) is 21.1. The molecule has 37 heavy (non-hydrogen) atoms. The summed E-state index contributed by atoms with van der Waals surface area (Å²) >= 11 is 18.7. The number of rotatable bonds is 6. The average molecular weight is 571 g/mol. The molecule has 4 N–H and O–H groups in total. The highest BCUT2D eigenvalue weighted by atomic mass is 35.5. The van der Waals surface area contributed by atoms with Crippen molar-refractivity contribution in [3.63, 3.8) is 0 Å². The van der Waals surface area contributed by atoms with E-state index in [1.807, 2.05) is 0 Å². The molecular weight excluding hydrogens is 554 g/mol. The molecule has 0 bridgehead atoms. The Morgan fingerprint density at radius 3 is 2.00 bits per heavy atom. The van der Waals surface area contributed by atoms with Crippen LogP contribution in [0.5, 0.6) is 0 Å². The average Bonchev–Trinajstić information content (AvgIpc) is 3.33. The van der Waals surface area contributed by atoms with Gasteiger partial charge in [0.25, 0.3) is 5.91 Å². The molecule has 6 nitrogen and oxygen atoms in total. The number of alkyl halides is 2. The lowest BCUT2D eigenvalue weighted by Gasteiger charge is -2.18. The molecule has 0 spiro atoms. The molecule has 0 heterocycles. The van der Waals surface area contributed by atoms with Crippen LogP contribution in [-0.2, 0) is 15.0 Å². The van der Waals surface area contributed by atoms with Gasteiger partial charge in [-0.05, 0) is 48.0 Å². The van der Waals surface area contributed by atoms with E-state index in [-0.39, 0.29) is 22.2 Å². The Kier molecular flexibility index (Phi) is 6.92. The monoisotopic (exact) mass is 569 g/mol. The number of nitrogens with two attached hydrogens (primary N) is 1. The highest BCUT2D eigenvalue weighted by Gasteiger charge is 2.81. The number of amides is 3. The Labute approximate surface area is 223 Å². The summed E-state index contributed by atoms with van der Waals surface area (Å²) in [5.74, 6) is -7.16. The number of hydrogen-bond acceptors (Lipinski definition) is 3. The minimum absolute atomic E-state index is 0.169. The van der Waals surface area contributed by atoms with Gasteiger partial charge >= 0.3 is 0 Å². The predicted octanol–water partition coefficient (Wildman–Crippen LogP) is 5.66. The molecule has 3 aromatic rings. The molecule has 0 aliphatic heterocycles. The summed E-state index contributed by atoms with van der Waals surface area (Å²) in [5.41, 5.74) is 2.79. The van der Waals surface area contributed by atoms with E-state index in [9.17, 15) is 23.2 Å². The van der Waals surface area contributed by atoms with Gasteiger partial charge in [0.2, 0.25) is 11.8 Å². The SMILES string of the molecule is CC(=O)Nc1ccc(NC(=O)c2c(F)ccc(C3(C(N)=O)C(c4ccc(F)c(Cl)c4)C3(Cl)Cl)c2F)cc1. The maximum atomic E-state index is 15.8. The number of carbonyl (C=O) groups is 3. The summed E-state index contributed by atoms with van der Waals surface area (Å²) < 4.78 is 42.2. The Morgan fingerprint density at radius 1 is 0.892 bits per heavy atom. The van der Waals surface area contributed by atoms with Crippen molar-refractivity contribution >= 4 is 63.9 Å². The van der Waals surface area contributed by atoms with Gasteiger partial charge in [0.1, 0.15) is 32.8 Å². The van der Waals surface area contributed by atoms with Crippen molar-refractivity contribution < 1.29 is 27.6 Å². The van der Waals surface area contributed by atoms with Crippen LogP contribution in [0.3, 0.4) is 0 Å². The van der Waals surface area contributed by atoms with Gasteiger partial charge in [0, 0.05) is 29.8 Å². The standard InChI is InChI=1S/C25H17Cl3F3N3O3/c1-11(35)33-13-3-5-14(6-4-13)34-22(36)19-18(30)9-7-15(20(19)31)24(23(32)37)21(25(24,27)28)12-2-8-17(29)16(26)10-12/h2-10,21H,1H3,(H2,32,37)(H,33,35)(H,34,36). The number of carbonyl (C=O) groups excluding carboxylic acids is 3. The summed E-state index contributed by atoms with van der Waals surface area (Å²) in [7, 11) is 0. The number of hydrogen-bond donors (Lipinski definition) is 3. The third-order valence-corrected chi connectivity index (χ3v) is 7.43. The molecule has 3 amide bonds. The fraction of sp³-hybridized carbons (Fsp3) is 0.160. The Morgan fingerprint density at radius 2 is 1.46 bits per heavy atom. The first-order chi connectivity index (χ1) is 17.3. The Hall–Kier alpha value is -3.27. The summed E-state index contributed by atoms with van der Waals surface area (Å²) in [4.78, 5) is 36.7.